The van der Waals surface area contributed by atoms with E-state index in [0.717, 1.165) is 24.3 Å². The molecule has 0 bridgehead atoms. The summed E-state index contributed by atoms with van der Waals surface area (Å²) in [5.74, 6) is -3.83. The number of nitrogens with one attached hydrogen (secondary N) is 1. The van der Waals surface area contributed by atoms with Gasteiger partial charge < -0.3 is 14.5 Å². The summed E-state index contributed by atoms with van der Waals surface area (Å²) in [6.45, 7) is 0. The van der Waals surface area contributed by atoms with Crippen LogP contribution in [0.3, 0.4) is 0 Å². The minimum atomic E-state index is -5.09. The molecule has 4 rings (SSSR count). The number of carbonyl (C=O) groups excluding carboxylic acids is 1. The molecule has 11 heteroatoms. The molecule has 32 heavy (non-hydrogen) atoms. The fraction of sp³-hybridized carbons (Fsp3) is 0.0952. The zero-order chi connectivity index (χ0) is 22.9. The number of rotatable bonds is 5. The van der Waals surface area contributed by atoms with Gasteiger partial charge in [0.1, 0.15) is 17.2 Å². The zero-order valence-electron chi connectivity index (χ0n) is 16.0. The molecule has 0 saturated heterocycles. The smallest absolute Gasteiger partial charge is 0.403 e. The van der Waals surface area contributed by atoms with E-state index >= 15 is 0 Å². The second-order valence-corrected chi connectivity index (χ2v) is 6.63. The van der Waals surface area contributed by atoms with Crippen molar-refractivity contribution in [1.82, 2.24) is 19.7 Å². The summed E-state index contributed by atoms with van der Waals surface area (Å²) in [6.07, 6.45) is 0.833. The average molecular weight is 448 g/mol. The predicted octanol–water partition coefficient (Wildman–Crippen LogP) is 4.43. The number of pyridine rings is 2. The van der Waals surface area contributed by atoms with Gasteiger partial charge in [-0.2, -0.15) is 0 Å². The minimum absolute atomic E-state index is 0.0355. The molecule has 1 amide bonds. The second-order valence-electron chi connectivity index (χ2n) is 6.63. The molecule has 0 spiro atoms. The lowest BCUT2D eigenvalue weighted by atomic mass is 10.0. The van der Waals surface area contributed by atoms with Gasteiger partial charge in [0.05, 0.1) is 11.6 Å². The Bertz CT molecular complexity index is 1290. The fourth-order valence-corrected chi connectivity index (χ4v) is 3.09. The molecule has 0 fully saturated rings. The number of halogens is 5. The maximum Gasteiger partial charge on any atom is 0.573 e. The number of carbonyl (C=O) groups is 1. The fourth-order valence-electron chi connectivity index (χ4n) is 3.09. The quantitative estimate of drug-likeness (QED) is 0.459. The van der Waals surface area contributed by atoms with Crippen molar-refractivity contribution in [3.8, 4) is 5.75 Å². The molecule has 4 aromatic rings. The highest BCUT2D eigenvalue weighted by atomic mass is 19.4. The molecule has 3 aromatic heterocycles. The molecule has 1 atom stereocenters. The van der Waals surface area contributed by atoms with E-state index in [1.54, 1.807) is 16.7 Å². The number of nitrogens with zero attached hydrogens (tertiary/aromatic N) is 3. The van der Waals surface area contributed by atoms with Crippen LogP contribution < -0.4 is 10.1 Å². The van der Waals surface area contributed by atoms with Crippen LogP contribution in [0.5, 0.6) is 5.75 Å². The highest BCUT2D eigenvalue weighted by molar-refractivity contribution is 5.94. The highest BCUT2D eigenvalue weighted by Crippen LogP contribution is 2.30. The van der Waals surface area contributed by atoms with Crippen molar-refractivity contribution in [2.45, 2.75) is 12.4 Å². The lowest BCUT2D eigenvalue weighted by molar-refractivity contribution is -0.275. The molecule has 3 heterocycles. The number of amides is 1. The number of imidazole rings is 1. The molecule has 1 aromatic carbocycles. The van der Waals surface area contributed by atoms with Crippen molar-refractivity contribution in [3.05, 3.63) is 95.7 Å². The zero-order valence-corrected chi connectivity index (χ0v) is 16.0. The minimum Gasteiger partial charge on any atom is -0.403 e. The Labute approximate surface area is 177 Å². The number of aromatic nitrogens is 3. The third-order valence-corrected chi connectivity index (χ3v) is 4.50. The van der Waals surface area contributed by atoms with Crippen molar-refractivity contribution in [3.63, 3.8) is 0 Å². The van der Waals surface area contributed by atoms with E-state index in [4.69, 9.17) is 0 Å². The van der Waals surface area contributed by atoms with E-state index in [2.05, 4.69) is 20.0 Å². The summed E-state index contributed by atoms with van der Waals surface area (Å²) in [6, 6.07) is 6.76. The lowest BCUT2D eigenvalue weighted by Crippen LogP contribution is -2.31. The molecule has 0 unspecified atom stereocenters. The average Bonchev–Trinajstić information content (AvgIpc) is 3.21. The van der Waals surface area contributed by atoms with Crippen LogP contribution in [-0.2, 0) is 0 Å². The molecule has 164 valence electrons. The summed E-state index contributed by atoms with van der Waals surface area (Å²) >= 11 is 0. The first kappa shape index (κ1) is 21.2. The summed E-state index contributed by atoms with van der Waals surface area (Å²) in [7, 11) is 0. The first-order valence-corrected chi connectivity index (χ1v) is 9.10. The van der Waals surface area contributed by atoms with Crippen LogP contribution in [0.1, 0.15) is 27.7 Å². The third kappa shape index (κ3) is 4.51. The van der Waals surface area contributed by atoms with Crippen molar-refractivity contribution in [2.75, 3.05) is 0 Å². The monoisotopic (exact) mass is 448 g/mol. The first-order chi connectivity index (χ1) is 15.2. The normalized spacial score (nSPS) is 12.5. The van der Waals surface area contributed by atoms with E-state index in [9.17, 15) is 26.7 Å². The Kier molecular flexibility index (Phi) is 5.47. The lowest BCUT2D eigenvalue weighted by Gasteiger charge is -2.20. The van der Waals surface area contributed by atoms with Gasteiger partial charge in [-0.25, -0.2) is 13.8 Å². The molecule has 0 aliphatic rings. The number of hydrogen-bond acceptors (Lipinski definition) is 4. The third-order valence-electron chi connectivity index (χ3n) is 4.50. The van der Waals surface area contributed by atoms with Gasteiger partial charge in [-0.1, -0.05) is 6.07 Å². The topological polar surface area (TPSA) is 68.5 Å². The number of alkyl halides is 3. The van der Waals surface area contributed by atoms with E-state index in [-0.39, 0.29) is 16.8 Å². The molecule has 6 nitrogen and oxygen atoms in total. The van der Waals surface area contributed by atoms with Gasteiger partial charge in [0.2, 0.25) is 0 Å². The number of benzene rings is 1. The maximum absolute atomic E-state index is 14.5. The summed E-state index contributed by atoms with van der Waals surface area (Å²) in [4.78, 5) is 20.8. The van der Waals surface area contributed by atoms with Crippen LogP contribution in [0.2, 0.25) is 0 Å². The summed E-state index contributed by atoms with van der Waals surface area (Å²) in [5.41, 5.74) is 0.505. The van der Waals surface area contributed by atoms with Crippen LogP contribution in [-0.4, -0.2) is 26.6 Å². The molecule has 0 aliphatic carbocycles. The largest absolute Gasteiger partial charge is 0.573 e. The van der Waals surface area contributed by atoms with Gasteiger partial charge in [-0.15, -0.1) is 13.2 Å². The SMILES string of the molecule is O=C(N[C@@H](c1ccc(OC(F)(F)F)c(F)c1)c1ncccc1F)c1ccc2nccn2c1. The number of ether oxygens (including phenoxy) is 1. The van der Waals surface area contributed by atoms with Crippen LogP contribution in [0, 0.1) is 11.6 Å². The molecule has 0 saturated carbocycles. The Balaban J connectivity index is 1.70. The van der Waals surface area contributed by atoms with Gasteiger partial charge in [0, 0.05) is 24.8 Å². The molecule has 1 N–H and O–H groups in total. The Morgan fingerprint density at radius 3 is 2.56 bits per heavy atom. The summed E-state index contributed by atoms with van der Waals surface area (Å²) < 4.78 is 71.3. The van der Waals surface area contributed by atoms with Gasteiger partial charge in [-0.05, 0) is 42.0 Å². The number of hydrogen-bond donors (Lipinski definition) is 1. The van der Waals surface area contributed by atoms with Crippen LogP contribution in [0.15, 0.2) is 67.3 Å². The van der Waals surface area contributed by atoms with Gasteiger partial charge >= 0.3 is 6.36 Å². The Morgan fingerprint density at radius 1 is 1.03 bits per heavy atom. The molecular weight excluding hydrogens is 435 g/mol. The van der Waals surface area contributed by atoms with Crippen molar-refractivity contribution in [1.29, 1.82) is 0 Å². The van der Waals surface area contributed by atoms with E-state index < -0.39 is 35.7 Å². The maximum atomic E-state index is 14.5. The molecule has 0 radical (unpaired) electrons. The molecular formula is C21H13F5N4O2. The van der Waals surface area contributed by atoms with Gasteiger partial charge in [-0.3, -0.25) is 9.78 Å². The van der Waals surface area contributed by atoms with E-state index in [0.29, 0.717) is 5.65 Å². The van der Waals surface area contributed by atoms with Crippen LogP contribution >= 0.6 is 0 Å². The summed E-state index contributed by atoms with van der Waals surface area (Å²) in [5, 5.41) is 2.55. The van der Waals surface area contributed by atoms with E-state index in [1.807, 2.05) is 0 Å². The van der Waals surface area contributed by atoms with Crippen molar-refractivity contribution >= 4 is 11.6 Å². The van der Waals surface area contributed by atoms with Gasteiger partial charge in [0.25, 0.3) is 5.91 Å². The van der Waals surface area contributed by atoms with Crippen molar-refractivity contribution in [2.24, 2.45) is 0 Å². The predicted molar refractivity (Wildman–Crippen MR) is 102 cm³/mol. The van der Waals surface area contributed by atoms with Gasteiger partial charge in [0.15, 0.2) is 11.6 Å². The molecule has 0 aliphatic heterocycles. The standard InChI is InChI=1S/C21H13F5N4O2/c22-14-2-1-7-28-19(14)18(12-3-5-16(15(23)10-12)32-21(24,25)26)29-20(31)13-4-6-17-27-8-9-30(17)11-13/h1-11,18H,(H,29,31)/t18-/m0/s1. The van der Waals surface area contributed by atoms with Crippen LogP contribution in [0.25, 0.3) is 5.65 Å². The Hall–Kier alpha value is -4.02. The first-order valence-electron chi connectivity index (χ1n) is 9.10. The van der Waals surface area contributed by atoms with Crippen LogP contribution in [0.4, 0.5) is 22.0 Å². The highest BCUT2D eigenvalue weighted by Gasteiger charge is 2.33. The second kappa shape index (κ2) is 8.25. The van der Waals surface area contributed by atoms with Crippen molar-refractivity contribution < 1.29 is 31.5 Å². The Morgan fingerprint density at radius 2 is 1.84 bits per heavy atom. The van der Waals surface area contributed by atoms with E-state index in [1.165, 1.54) is 30.7 Å². The number of fused-ring (bicyclic) bond motifs is 1.